The Morgan fingerprint density at radius 1 is 1.09 bits per heavy atom. The van der Waals surface area contributed by atoms with Gasteiger partial charge in [0.1, 0.15) is 16.1 Å². The SMILES string of the molecule is O=C(O[C@@H](Cc1c(Cl)c[n+]([O-])cc1Cl)c1ccc(OC(F)F)c(OCC2CC2)c1)[C@@H]1SCCN1S(=O)(=O)c1ccccc1. The molecule has 1 aromatic heterocycles. The highest BCUT2D eigenvalue weighted by molar-refractivity contribution is 8.02. The molecule has 3 aromatic rings. The number of thioether (sulfide) groups is 1. The summed E-state index contributed by atoms with van der Waals surface area (Å²) in [5.74, 6) is -0.359. The summed E-state index contributed by atoms with van der Waals surface area (Å²) in [5, 5.41) is 10.7. The first-order valence-corrected chi connectivity index (χ1v) is 16.4. The maximum absolute atomic E-state index is 13.6. The van der Waals surface area contributed by atoms with Crippen molar-refractivity contribution in [2.45, 2.75) is 42.2 Å². The largest absolute Gasteiger partial charge is 0.619 e. The van der Waals surface area contributed by atoms with Gasteiger partial charge >= 0.3 is 12.6 Å². The van der Waals surface area contributed by atoms with E-state index in [0.29, 0.717) is 28.6 Å². The Kier molecular flexibility index (Phi) is 9.86. The summed E-state index contributed by atoms with van der Waals surface area (Å²) in [4.78, 5) is 13.7. The van der Waals surface area contributed by atoms with Crippen LogP contribution < -0.4 is 14.2 Å². The third-order valence-electron chi connectivity index (χ3n) is 6.83. The van der Waals surface area contributed by atoms with E-state index in [9.17, 15) is 27.2 Å². The topological polar surface area (TPSA) is 109 Å². The van der Waals surface area contributed by atoms with Gasteiger partial charge in [0, 0.05) is 24.3 Å². The van der Waals surface area contributed by atoms with Crippen molar-refractivity contribution >= 4 is 51.0 Å². The molecule has 0 N–H and O–H groups in total. The molecule has 43 heavy (non-hydrogen) atoms. The second kappa shape index (κ2) is 13.4. The standard InChI is InChI=1S/C28H26Cl2F2N2O7S2/c29-21-14-33(36)15-22(30)20(21)13-24(18-8-9-23(41-28(31)32)25(12-18)39-16-17-6-7-17)40-27(35)26-34(10-11-42-26)43(37,38)19-4-2-1-3-5-19/h1-5,8-9,12,14-15,17,24,26,28H,6-7,10-11,13,16H2/t24-,26-/m0/s1. The zero-order valence-electron chi connectivity index (χ0n) is 22.4. The zero-order chi connectivity index (χ0) is 30.7. The summed E-state index contributed by atoms with van der Waals surface area (Å²) in [6.45, 7) is -2.72. The summed E-state index contributed by atoms with van der Waals surface area (Å²) in [6.07, 6.45) is 2.84. The summed E-state index contributed by atoms with van der Waals surface area (Å²) >= 11 is 13.8. The van der Waals surface area contributed by atoms with Crippen LogP contribution in [-0.4, -0.2) is 49.6 Å². The maximum atomic E-state index is 13.6. The predicted molar refractivity (Wildman–Crippen MR) is 156 cm³/mol. The van der Waals surface area contributed by atoms with Crippen LogP contribution in [-0.2, 0) is 26.0 Å². The zero-order valence-corrected chi connectivity index (χ0v) is 25.6. The Morgan fingerprint density at radius 2 is 1.79 bits per heavy atom. The van der Waals surface area contributed by atoms with Crippen molar-refractivity contribution in [1.29, 1.82) is 0 Å². The number of nitrogens with zero attached hydrogens (tertiary/aromatic N) is 2. The molecule has 0 amide bonds. The van der Waals surface area contributed by atoms with E-state index in [4.69, 9.17) is 32.7 Å². The van der Waals surface area contributed by atoms with Crippen molar-refractivity contribution < 1.29 is 40.9 Å². The molecule has 9 nitrogen and oxygen atoms in total. The molecule has 2 atom stereocenters. The van der Waals surface area contributed by atoms with Crippen molar-refractivity contribution in [3.8, 4) is 11.5 Å². The number of halogens is 4. The number of aromatic nitrogens is 1. The number of sulfonamides is 1. The molecule has 1 saturated carbocycles. The van der Waals surface area contributed by atoms with E-state index in [0.717, 1.165) is 41.3 Å². The van der Waals surface area contributed by atoms with Crippen LogP contribution in [0.5, 0.6) is 11.5 Å². The molecule has 5 rings (SSSR count). The normalized spacial score (nSPS) is 18.0. The minimum absolute atomic E-state index is 0.00920. The lowest BCUT2D eigenvalue weighted by Crippen LogP contribution is -2.40. The molecule has 15 heteroatoms. The Balaban J connectivity index is 1.47. The number of carbonyl (C=O) groups excluding carboxylic acids is 1. The fourth-order valence-corrected chi connectivity index (χ4v) is 8.14. The van der Waals surface area contributed by atoms with E-state index in [1.165, 1.54) is 30.3 Å². The lowest BCUT2D eigenvalue weighted by molar-refractivity contribution is -0.605. The van der Waals surface area contributed by atoms with E-state index in [1.807, 2.05) is 0 Å². The van der Waals surface area contributed by atoms with Crippen LogP contribution in [0.1, 0.15) is 30.1 Å². The highest BCUT2D eigenvalue weighted by atomic mass is 35.5. The van der Waals surface area contributed by atoms with E-state index in [-0.39, 0.29) is 45.0 Å². The Hall–Kier alpha value is -2.84. The summed E-state index contributed by atoms with van der Waals surface area (Å²) in [7, 11) is -4.02. The quantitative estimate of drug-likeness (QED) is 0.139. The monoisotopic (exact) mass is 674 g/mol. The maximum Gasteiger partial charge on any atom is 0.387 e. The van der Waals surface area contributed by atoms with Crippen LogP contribution >= 0.6 is 35.0 Å². The van der Waals surface area contributed by atoms with Gasteiger partial charge in [-0.3, -0.25) is 0 Å². The smallest absolute Gasteiger partial charge is 0.387 e. The van der Waals surface area contributed by atoms with E-state index in [1.54, 1.807) is 18.2 Å². The number of benzene rings is 2. The van der Waals surface area contributed by atoms with Crippen LogP contribution in [0.25, 0.3) is 0 Å². The Morgan fingerprint density at radius 3 is 2.44 bits per heavy atom. The average Bonchev–Trinajstić information content (AvgIpc) is 3.65. The number of ether oxygens (including phenoxy) is 3. The number of carbonyl (C=O) groups is 1. The van der Waals surface area contributed by atoms with Crippen LogP contribution in [0, 0.1) is 11.1 Å². The lowest BCUT2D eigenvalue weighted by Gasteiger charge is -2.26. The van der Waals surface area contributed by atoms with Gasteiger partial charge < -0.3 is 19.4 Å². The molecular formula is C28H26Cl2F2N2O7S2. The number of hydrogen-bond donors (Lipinski definition) is 0. The van der Waals surface area contributed by atoms with Gasteiger partial charge in [-0.15, -0.1) is 11.8 Å². The van der Waals surface area contributed by atoms with Crippen molar-refractivity contribution in [1.82, 2.24) is 4.31 Å². The van der Waals surface area contributed by atoms with E-state index in [2.05, 4.69) is 4.74 Å². The molecule has 1 aliphatic carbocycles. The van der Waals surface area contributed by atoms with Crippen molar-refractivity contribution in [3.63, 3.8) is 0 Å². The van der Waals surface area contributed by atoms with Crippen molar-refractivity contribution in [2.24, 2.45) is 5.92 Å². The molecule has 1 saturated heterocycles. The predicted octanol–water partition coefficient (Wildman–Crippen LogP) is 5.61. The lowest BCUT2D eigenvalue weighted by atomic mass is 10.0. The first-order chi connectivity index (χ1) is 20.5. The van der Waals surface area contributed by atoms with Crippen molar-refractivity contribution in [2.75, 3.05) is 18.9 Å². The third kappa shape index (κ3) is 7.63. The van der Waals surface area contributed by atoms with Gasteiger partial charge in [-0.2, -0.15) is 17.8 Å². The molecular weight excluding hydrogens is 649 g/mol. The third-order valence-corrected chi connectivity index (χ3v) is 10.7. The van der Waals surface area contributed by atoms with E-state index < -0.39 is 34.1 Å². The molecule has 1 aliphatic heterocycles. The first kappa shape index (κ1) is 31.6. The van der Waals surface area contributed by atoms with Gasteiger partial charge in [-0.25, -0.2) is 13.2 Å². The molecule has 0 unspecified atom stereocenters. The number of rotatable bonds is 12. The van der Waals surface area contributed by atoms with Crippen molar-refractivity contribution in [3.05, 3.63) is 87.3 Å². The molecule has 0 bridgehead atoms. The molecule has 0 radical (unpaired) electrons. The first-order valence-electron chi connectivity index (χ1n) is 13.2. The second-order valence-corrected chi connectivity index (χ2v) is 13.8. The van der Waals surface area contributed by atoms with Gasteiger partial charge in [0.2, 0.25) is 10.0 Å². The average molecular weight is 676 g/mol. The summed E-state index contributed by atoms with van der Waals surface area (Å²) in [6, 6.07) is 11.9. The highest BCUT2D eigenvalue weighted by Gasteiger charge is 2.42. The second-order valence-electron chi connectivity index (χ2n) is 9.91. The minimum atomic E-state index is -4.02. The Bertz CT molecular complexity index is 1560. The van der Waals surface area contributed by atoms with Crippen LogP contribution in [0.3, 0.4) is 0 Å². The number of pyridine rings is 1. The fraction of sp³-hybridized carbons (Fsp3) is 0.357. The molecule has 230 valence electrons. The fourth-order valence-electron chi connectivity index (χ4n) is 4.47. The van der Waals surface area contributed by atoms with Gasteiger partial charge in [0.05, 0.1) is 11.5 Å². The van der Waals surface area contributed by atoms with Gasteiger partial charge in [-0.1, -0.05) is 47.5 Å². The molecule has 2 fully saturated rings. The molecule has 2 aromatic carbocycles. The number of hydrogen-bond acceptors (Lipinski definition) is 8. The minimum Gasteiger partial charge on any atom is -0.619 e. The molecule has 2 heterocycles. The van der Waals surface area contributed by atoms with E-state index >= 15 is 0 Å². The van der Waals surface area contributed by atoms with Crippen LogP contribution in [0.4, 0.5) is 8.78 Å². The Labute approximate surface area is 261 Å². The van der Waals surface area contributed by atoms with Gasteiger partial charge in [-0.05, 0) is 48.6 Å². The number of alkyl halides is 2. The molecule has 0 spiro atoms. The van der Waals surface area contributed by atoms with Crippen LogP contribution in [0.2, 0.25) is 10.0 Å². The number of esters is 1. The highest BCUT2D eigenvalue weighted by Crippen LogP contribution is 2.39. The summed E-state index contributed by atoms with van der Waals surface area (Å²) in [5.41, 5.74) is 0.613. The van der Waals surface area contributed by atoms with Gasteiger partial charge in [0.25, 0.3) is 0 Å². The van der Waals surface area contributed by atoms with Gasteiger partial charge in [0.15, 0.2) is 29.3 Å². The summed E-state index contributed by atoms with van der Waals surface area (Å²) < 4.78 is 70.8. The van der Waals surface area contributed by atoms with Crippen LogP contribution in [0.15, 0.2) is 65.8 Å². The molecule has 2 aliphatic rings.